The fraction of sp³-hybridized carbons (Fsp3) is 0.267. The summed E-state index contributed by atoms with van der Waals surface area (Å²) in [6.45, 7) is 0.998. The van der Waals surface area contributed by atoms with Crippen LogP contribution >= 0.6 is 0 Å². The first-order chi connectivity index (χ1) is 9.16. The van der Waals surface area contributed by atoms with E-state index in [4.69, 9.17) is 0 Å². The molecule has 0 atom stereocenters. The highest BCUT2D eigenvalue weighted by atomic mass is 19.1. The third kappa shape index (κ3) is 2.08. The second kappa shape index (κ2) is 4.63. The quantitative estimate of drug-likeness (QED) is 0.732. The van der Waals surface area contributed by atoms with E-state index in [2.05, 4.69) is 28.1 Å². The molecule has 1 aromatic carbocycles. The van der Waals surface area contributed by atoms with E-state index in [1.165, 1.54) is 17.8 Å². The van der Waals surface area contributed by atoms with Crippen LogP contribution in [0.25, 0.3) is 11.1 Å². The number of fused-ring (bicyclic) bond motifs is 1. The fourth-order valence-electron chi connectivity index (χ4n) is 2.58. The van der Waals surface area contributed by atoms with Gasteiger partial charge in [0.15, 0.2) is 0 Å². The van der Waals surface area contributed by atoms with Gasteiger partial charge >= 0.3 is 0 Å². The minimum absolute atomic E-state index is 0.443. The smallest absolute Gasteiger partial charge is 0.213 e. The van der Waals surface area contributed by atoms with Gasteiger partial charge in [-0.1, -0.05) is 18.2 Å². The minimum Gasteiger partial charge on any atom is -0.308 e. The maximum atomic E-state index is 13.3. The van der Waals surface area contributed by atoms with Crippen molar-refractivity contribution >= 4 is 5.69 Å². The molecule has 0 unspecified atom stereocenters. The molecule has 0 saturated heterocycles. The molecule has 0 bridgehead atoms. The van der Waals surface area contributed by atoms with Gasteiger partial charge in [-0.2, -0.15) is 4.39 Å². The van der Waals surface area contributed by atoms with Gasteiger partial charge in [0.1, 0.15) is 0 Å². The summed E-state index contributed by atoms with van der Waals surface area (Å²) in [7, 11) is 4.10. The Morgan fingerprint density at radius 2 is 2.05 bits per heavy atom. The molecule has 4 heteroatoms. The second-order valence-corrected chi connectivity index (χ2v) is 4.84. The van der Waals surface area contributed by atoms with Gasteiger partial charge in [-0.05, 0) is 23.6 Å². The molecule has 0 saturated carbocycles. The molecule has 1 aliphatic rings. The lowest BCUT2D eigenvalue weighted by Crippen LogP contribution is -2.42. The lowest BCUT2D eigenvalue weighted by Gasteiger charge is -2.37. The molecule has 0 aliphatic carbocycles. The van der Waals surface area contributed by atoms with Crippen LogP contribution in [-0.4, -0.2) is 30.6 Å². The molecule has 2 heterocycles. The molecule has 0 fully saturated rings. The van der Waals surface area contributed by atoms with Gasteiger partial charge in [0.2, 0.25) is 5.95 Å². The standard InChI is InChI=1S/C15H16FN3/c1-18-9-7-11-4-3-5-13(15(11)19(18)2)12-6-8-17-14(16)10-12/h3-6,8,10H,7,9H2,1-2H3. The molecule has 0 amide bonds. The van der Waals surface area contributed by atoms with E-state index in [0.717, 1.165) is 29.8 Å². The number of likely N-dealkylation sites (N-methyl/N-ethyl adjacent to an activating group) is 1. The van der Waals surface area contributed by atoms with Crippen LogP contribution in [0.3, 0.4) is 0 Å². The summed E-state index contributed by atoms with van der Waals surface area (Å²) in [6, 6.07) is 9.54. The zero-order chi connectivity index (χ0) is 13.4. The van der Waals surface area contributed by atoms with Crippen LogP contribution < -0.4 is 5.01 Å². The number of hydrogen-bond acceptors (Lipinski definition) is 3. The number of nitrogens with zero attached hydrogens (tertiary/aromatic N) is 3. The van der Waals surface area contributed by atoms with Crippen molar-refractivity contribution in [2.24, 2.45) is 0 Å². The first-order valence-electron chi connectivity index (χ1n) is 6.35. The average molecular weight is 257 g/mol. The molecule has 2 aromatic rings. The Hall–Kier alpha value is -1.94. The Morgan fingerprint density at radius 1 is 1.21 bits per heavy atom. The second-order valence-electron chi connectivity index (χ2n) is 4.84. The van der Waals surface area contributed by atoms with E-state index in [9.17, 15) is 4.39 Å². The maximum absolute atomic E-state index is 13.3. The highest BCUT2D eigenvalue weighted by Gasteiger charge is 2.21. The van der Waals surface area contributed by atoms with Crippen molar-refractivity contribution in [3.05, 3.63) is 48.0 Å². The van der Waals surface area contributed by atoms with E-state index in [0.29, 0.717) is 0 Å². The van der Waals surface area contributed by atoms with Crippen LogP contribution in [0.5, 0.6) is 0 Å². The lowest BCUT2D eigenvalue weighted by atomic mass is 9.97. The Morgan fingerprint density at radius 3 is 2.84 bits per heavy atom. The summed E-state index contributed by atoms with van der Waals surface area (Å²) < 4.78 is 13.3. The first-order valence-corrected chi connectivity index (χ1v) is 6.35. The third-order valence-electron chi connectivity index (χ3n) is 3.70. The molecule has 0 spiro atoms. The third-order valence-corrected chi connectivity index (χ3v) is 3.70. The minimum atomic E-state index is -0.443. The number of halogens is 1. The molecule has 0 radical (unpaired) electrons. The fourth-order valence-corrected chi connectivity index (χ4v) is 2.58. The van der Waals surface area contributed by atoms with Crippen LogP contribution in [0.15, 0.2) is 36.5 Å². The molecule has 98 valence electrons. The number of benzene rings is 1. The van der Waals surface area contributed by atoms with Crippen molar-refractivity contribution in [1.82, 2.24) is 9.99 Å². The summed E-state index contributed by atoms with van der Waals surface area (Å²) >= 11 is 0. The number of para-hydroxylation sites is 1. The highest BCUT2D eigenvalue weighted by Crippen LogP contribution is 2.36. The van der Waals surface area contributed by atoms with Gasteiger partial charge in [-0.25, -0.2) is 9.99 Å². The van der Waals surface area contributed by atoms with Gasteiger partial charge in [-0.15, -0.1) is 0 Å². The lowest BCUT2D eigenvalue weighted by molar-refractivity contribution is 0.314. The Kier molecular flexibility index (Phi) is 2.95. The summed E-state index contributed by atoms with van der Waals surface area (Å²) in [6.07, 6.45) is 2.52. The number of pyridine rings is 1. The average Bonchev–Trinajstić information content (AvgIpc) is 2.42. The first kappa shape index (κ1) is 12.1. The maximum Gasteiger partial charge on any atom is 0.213 e. The van der Waals surface area contributed by atoms with Crippen LogP contribution in [0, 0.1) is 5.95 Å². The van der Waals surface area contributed by atoms with Crippen molar-refractivity contribution < 1.29 is 4.39 Å². The number of hydrogen-bond donors (Lipinski definition) is 0. The van der Waals surface area contributed by atoms with E-state index in [1.54, 1.807) is 0 Å². The van der Waals surface area contributed by atoms with E-state index in [-0.39, 0.29) is 0 Å². The summed E-state index contributed by atoms with van der Waals surface area (Å²) in [5.41, 5.74) is 4.37. The monoisotopic (exact) mass is 257 g/mol. The normalized spacial score (nSPS) is 15.4. The number of rotatable bonds is 1. The zero-order valence-corrected chi connectivity index (χ0v) is 11.1. The van der Waals surface area contributed by atoms with E-state index in [1.807, 2.05) is 25.2 Å². The SMILES string of the molecule is CN1CCc2cccc(-c3ccnc(F)c3)c2N1C. The number of aromatic nitrogens is 1. The summed E-state index contributed by atoms with van der Waals surface area (Å²) in [5.74, 6) is -0.443. The number of anilines is 1. The van der Waals surface area contributed by atoms with E-state index < -0.39 is 5.95 Å². The predicted octanol–water partition coefficient (Wildman–Crippen LogP) is 2.73. The van der Waals surface area contributed by atoms with Crippen molar-refractivity contribution in [3.63, 3.8) is 0 Å². The van der Waals surface area contributed by atoms with Crippen molar-refractivity contribution in [3.8, 4) is 11.1 Å². The van der Waals surface area contributed by atoms with Gasteiger partial charge in [0.05, 0.1) is 5.69 Å². The van der Waals surface area contributed by atoms with Crippen LogP contribution in [0.4, 0.5) is 10.1 Å². The van der Waals surface area contributed by atoms with Crippen LogP contribution in [0.1, 0.15) is 5.56 Å². The largest absolute Gasteiger partial charge is 0.308 e. The van der Waals surface area contributed by atoms with Gasteiger partial charge in [-0.3, -0.25) is 0 Å². The van der Waals surface area contributed by atoms with Gasteiger partial charge in [0.25, 0.3) is 0 Å². The molecule has 19 heavy (non-hydrogen) atoms. The summed E-state index contributed by atoms with van der Waals surface area (Å²) in [5, 5.41) is 4.30. The van der Waals surface area contributed by atoms with Gasteiger partial charge < -0.3 is 5.01 Å². The van der Waals surface area contributed by atoms with E-state index >= 15 is 0 Å². The topological polar surface area (TPSA) is 19.4 Å². The number of hydrazine groups is 1. The Labute approximate surface area is 112 Å². The van der Waals surface area contributed by atoms with Crippen LogP contribution in [-0.2, 0) is 6.42 Å². The molecular formula is C15H16FN3. The molecule has 3 rings (SSSR count). The van der Waals surface area contributed by atoms with Crippen molar-refractivity contribution in [2.75, 3.05) is 25.6 Å². The Balaban J connectivity index is 2.18. The molecular weight excluding hydrogens is 241 g/mol. The predicted molar refractivity (Wildman–Crippen MR) is 74.4 cm³/mol. The highest BCUT2D eigenvalue weighted by molar-refractivity contribution is 5.81. The molecule has 1 aromatic heterocycles. The van der Waals surface area contributed by atoms with Gasteiger partial charge in [0, 0.05) is 38.5 Å². The molecule has 3 nitrogen and oxygen atoms in total. The molecule has 0 N–H and O–H groups in total. The van der Waals surface area contributed by atoms with Crippen LogP contribution in [0.2, 0.25) is 0 Å². The zero-order valence-electron chi connectivity index (χ0n) is 11.1. The molecule has 1 aliphatic heterocycles. The van der Waals surface area contributed by atoms with Crippen molar-refractivity contribution in [2.45, 2.75) is 6.42 Å². The summed E-state index contributed by atoms with van der Waals surface area (Å²) in [4.78, 5) is 3.62. The van der Waals surface area contributed by atoms with Crippen molar-refractivity contribution in [1.29, 1.82) is 0 Å². The Bertz CT molecular complexity index is 612.